The summed E-state index contributed by atoms with van der Waals surface area (Å²) in [7, 11) is 8.02. The Hall–Kier alpha value is -2.53. The highest BCUT2D eigenvalue weighted by atomic mass is 16.6. The maximum absolute atomic E-state index is 11.7. The predicted octanol–water partition coefficient (Wildman–Crippen LogP) is 2.87. The molecule has 216 valence electrons. The SMILES string of the molecule is CC1CCC(C2(COC(=O)N(C)C)CO2)C1COC(=O)N(C)C.COC(=O)C1=COC(O)C2C(C)CCC12. The topological polar surface area (TPSA) is 127 Å². The Morgan fingerprint density at radius 1 is 1.00 bits per heavy atom. The average Bonchev–Trinajstić information content (AvgIpc) is 3.43. The first kappa shape index (κ1) is 30.0. The van der Waals surface area contributed by atoms with Gasteiger partial charge in [-0.1, -0.05) is 13.8 Å². The first-order valence-corrected chi connectivity index (χ1v) is 13.4. The average molecular weight is 541 g/mol. The van der Waals surface area contributed by atoms with E-state index in [2.05, 4.69) is 13.8 Å². The fourth-order valence-electron chi connectivity index (χ4n) is 6.01. The molecule has 2 aliphatic carbocycles. The molecule has 0 bridgehead atoms. The van der Waals surface area contributed by atoms with Crippen molar-refractivity contribution in [1.82, 2.24) is 9.80 Å². The molecule has 0 aromatic rings. The molecule has 8 unspecified atom stereocenters. The van der Waals surface area contributed by atoms with E-state index in [1.54, 1.807) is 28.2 Å². The molecule has 0 aromatic carbocycles. The standard InChI is InChI=1S/C16H28N2O5.C11H16O4/c1-11-6-7-13(12(11)8-21-14(19)17(2)3)16(10-23-16)9-22-15(20)18(4)5;1-6-3-4-7-8(10(12)14-2)5-15-11(13)9(6)7/h11-13H,6-10H2,1-5H3;5-7,9,11,13H,3-4H2,1-2H3. The summed E-state index contributed by atoms with van der Waals surface area (Å²) in [5, 5.41) is 9.70. The number of carbonyl (C=O) groups is 3. The van der Waals surface area contributed by atoms with Crippen LogP contribution in [0.15, 0.2) is 11.8 Å². The van der Waals surface area contributed by atoms with Gasteiger partial charge in [-0.2, -0.15) is 0 Å². The van der Waals surface area contributed by atoms with Crippen LogP contribution < -0.4 is 0 Å². The van der Waals surface area contributed by atoms with Crippen LogP contribution in [0.3, 0.4) is 0 Å². The number of methoxy groups -OCH3 is 1. The summed E-state index contributed by atoms with van der Waals surface area (Å²) in [5.74, 6) is 1.12. The fourth-order valence-corrected chi connectivity index (χ4v) is 6.01. The van der Waals surface area contributed by atoms with Crippen molar-refractivity contribution in [1.29, 1.82) is 0 Å². The lowest BCUT2D eigenvalue weighted by molar-refractivity contribution is -0.144. The number of rotatable bonds is 6. The van der Waals surface area contributed by atoms with Crippen molar-refractivity contribution in [3.63, 3.8) is 0 Å². The number of nitrogens with zero attached hydrogens (tertiary/aromatic N) is 2. The van der Waals surface area contributed by atoms with Crippen LogP contribution in [0.2, 0.25) is 0 Å². The molecule has 4 aliphatic rings. The summed E-state index contributed by atoms with van der Waals surface area (Å²) < 4.78 is 26.2. The molecule has 11 heteroatoms. The minimum Gasteiger partial charge on any atom is -0.472 e. The van der Waals surface area contributed by atoms with E-state index in [4.69, 9.17) is 23.7 Å². The Morgan fingerprint density at radius 3 is 2.18 bits per heavy atom. The van der Waals surface area contributed by atoms with Crippen LogP contribution in [0.5, 0.6) is 0 Å². The van der Waals surface area contributed by atoms with Crippen molar-refractivity contribution >= 4 is 18.2 Å². The number of hydrogen-bond acceptors (Lipinski definition) is 9. The van der Waals surface area contributed by atoms with E-state index in [1.165, 1.54) is 23.2 Å². The van der Waals surface area contributed by atoms with Gasteiger partial charge in [-0.15, -0.1) is 0 Å². The monoisotopic (exact) mass is 540 g/mol. The van der Waals surface area contributed by atoms with Crippen molar-refractivity contribution in [3.8, 4) is 0 Å². The van der Waals surface area contributed by atoms with Gasteiger partial charge < -0.3 is 38.6 Å². The van der Waals surface area contributed by atoms with Crippen LogP contribution in [-0.2, 0) is 28.5 Å². The van der Waals surface area contributed by atoms with Gasteiger partial charge in [0.25, 0.3) is 0 Å². The van der Waals surface area contributed by atoms with Crippen LogP contribution >= 0.6 is 0 Å². The number of aliphatic hydroxyl groups excluding tert-OH is 1. The van der Waals surface area contributed by atoms with Gasteiger partial charge in [0.15, 0.2) is 6.29 Å². The lowest BCUT2D eigenvalue weighted by Crippen LogP contribution is -2.38. The van der Waals surface area contributed by atoms with E-state index < -0.39 is 11.9 Å². The molecule has 4 rings (SSSR count). The summed E-state index contributed by atoms with van der Waals surface area (Å²) in [5.41, 5.74) is 0.170. The molecule has 2 aliphatic heterocycles. The summed E-state index contributed by atoms with van der Waals surface area (Å²) in [4.78, 5) is 37.6. The van der Waals surface area contributed by atoms with Gasteiger partial charge in [-0.05, 0) is 43.4 Å². The largest absolute Gasteiger partial charge is 0.472 e. The third-order valence-corrected chi connectivity index (χ3v) is 8.48. The van der Waals surface area contributed by atoms with E-state index in [1.807, 2.05) is 0 Å². The maximum atomic E-state index is 11.7. The lowest BCUT2D eigenvalue weighted by atomic mass is 9.82. The minimum absolute atomic E-state index is 0.0316. The zero-order chi connectivity index (χ0) is 28.2. The Kier molecular flexibility index (Phi) is 9.91. The molecule has 0 aromatic heterocycles. The van der Waals surface area contributed by atoms with E-state index in [-0.39, 0.29) is 48.4 Å². The van der Waals surface area contributed by atoms with Gasteiger partial charge in [0.2, 0.25) is 0 Å². The van der Waals surface area contributed by atoms with E-state index in [0.29, 0.717) is 30.6 Å². The quantitative estimate of drug-likeness (QED) is 0.307. The lowest BCUT2D eigenvalue weighted by Gasteiger charge is -2.31. The number of aliphatic hydroxyl groups is 1. The zero-order valence-corrected chi connectivity index (χ0v) is 23.7. The Bertz CT molecular complexity index is 886. The first-order valence-electron chi connectivity index (χ1n) is 13.4. The van der Waals surface area contributed by atoms with Crippen LogP contribution in [0.4, 0.5) is 9.59 Å². The number of ether oxygens (including phenoxy) is 5. The molecule has 2 amide bonds. The minimum atomic E-state index is -0.777. The third-order valence-electron chi connectivity index (χ3n) is 8.48. The smallest absolute Gasteiger partial charge is 0.409 e. The highest BCUT2D eigenvalue weighted by Gasteiger charge is 2.58. The number of fused-ring (bicyclic) bond motifs is 1. The van der Waals surface area contributed by atoms with E-state index in [9.17, 15) is 19.5 Å². The van der Waals surface area contributed by atoms with Gasteiger partial charge in [0, 0.05) is 45.9 Å². The molecule has 1 N–H and O–H groups in total. The van der Waals surface area contributed by atoms with E-state index in [0.717, 1.165) is 25.7 Å². The summed E-state index contributed by atoms with van der Waals surface area (Å²) in [6.45, 7) is 5.51. The predicted molar refractivity (Wildman–Crippen MR) is 137 cm³/mol. The molecule has 0 radical (unpaired) electrons. The number of epoxide rings is 1. The maximum Gasteiger partial charge on any atom is 0.409 e. The second kappa shape index (κ2) is 12.5. The molecule has 2 heterocycles. The number of esters is 1. The second-order valence-corrected chi connectivity index (χ2v) is 11.4. The van der Waals surface area contributed by atoms with Gasteiger partial charge in [0.1, 0.15) is 12.2 Å². The number of amides is 2. The first-order chi connectivity index (χ1) is 17.9. The normalized spacial score (nSPS) is 34.9. The highest BCUT2D eigenvalue weighted by molar-refractivity contribution is 5.89. The third kappa shape index (κ3) is 6.72. The summed E-state index contributed by atoms with van der Waals surface area (Å²) in [6.07, 6.45) is 3.91. The summed E-state index contributed by atoms with van der Waals surface area (Å²) >= 11 is 0. The Morgan fingerprint density at radius 2 is 1.61 bits per heavy atom. The fraction of sp³-hybridized carbons (Fsp3) is 0.815. The number of carbonyl (C=O) groups excluding carboxylic acids is 3. The molecule has 0 spiro atoms. The molecule has 8 atom stereocenters. The van der Waals surface area contributed by atoms with Gasteiger partial charge in [0.05, 0.1) is 32.2 Å². The van der Waals surface area contributed by atoms with E-state index >= 15 is 0 Å². The molecular weight excluding hydrogens is 496 g/mol. The van der Waals surface area contributed by atoms with Crippen molar-refractivity contribution in [2.75, 3.05) is 55.1 Å². The molecule has 38 heavy (non-hydrogen) atoms. The van der Waals surface area contributed by atoms with Crippen LogP contribution in [0.25, 0.3) is 0 Å². The Labute approximate surface area is 225 Å². The van der Waals surface area contributed by atoms with Crippen LogP contribution in [0, 0.1) is 35.5 Å². The van der Waals surface area contributed by atoms with Crippen molar-refractivity contribution in [2.24, 2.45) is 35.5 Å². The van der Waals surface area contributed by atoms with Gasteiger partial charge in [-0.3, -0.25) is 0 Å². The molecule has 1 saturated heterocycles. The highest BCUT2D eigenvalue weighted by Crippen LogP contribution is 2.50. The summed E-state index contributed by atoms with van der Waals surface area (Å²) in [6, 6.07) is 0. The molecule has 2 saturated carbocycles. The Balaban J connectivity index is 0.000000230. The molecule has 11 nitrogen and oxygen atoms in total. The van der Waals surface area contributed by atoms with Crippen molar-refractivity contribution < 1.29 is 43.2 Å². The number of hydrogen-bond donors (Lipinski definition) is 1. The van der Waals surface area contributed by atoms with Crippen LogP contribution in [-0.4, -0.2) is 100 Å². The molecular formula is C27H44N2O9. The second-order valence-electron chi connectivity index (χ2n) is 11.4. The van der Waals surface area contributed by atoms with Gasteiger partial charge in [-0.25, -0.2) is 14.4 Å². The van der Waals surface area contributed by atoms with Crippen molar-refractivity contribution in [2.45, 2.75) is 51.4 Å². The van der Waals surface area contributed by atoms with Crippen LogP contribution in [0.1, 0.15) is 39.5 Å². The van der Waals surface area contributed by atoms with Crippen molar-refractivity contribution in [3.05, 3.63) is 11.8 Å². The zero-order valence-electron chi connectivity index (χ0n) is 23.7. The van der Waals surface area contributed by atoms with Gasteiger partial charge >= 0.3 is 18.2 Å². The molecule has 3 fully saturated rings.